The lowest BCUT2D eigenvalue weighted by Crippen LogP contribution is -2.26. The molecule has 3 rings (SSSR count). The Bertz CT molecular complexity index is 1240. The standard InChI is InChI=1S/C24H26N2O5S/c1-16-7-6-8-21(17(16)2)25-24(27)18-9-11-19(12-10-18)26(3)32(28,29)20-13-14-22(30-4)23(15-20)31-5/h6-15H,1-5H3,(H,25,27). The van der Waals surface area contributed by atoms with Crippen molar-refractivity contribution in [3.63, 3.8) is 0 Å². The molecule has 0 aromatic heterocycles. The summed E-state index contributed by atoms with van der Waals surface area (Å²) in [5.74, 6) is 0.490. The van der Waals surface area contributed by atoms with Gasteiger partial charge in [-0.1, -0.05) is 12.1 Å². The van der Waals surface area contributed by atoms with Crippen molar-refractivity contribution >= 4 is 27.3 Å². The number of carbonyl (C=O) groups excluding carboxylic acids is 1. The number of methoxy groups -OCH3 is 2. The van der Waals surface area contributed by atoms with Crippen molar-refractivity contribution in [3.05, 3.63) is 77.4 Å². The molecule has 0 unspecified atom stereocenters. The van der Waals surface area contributed by atoms with E-state index in [0.29, 0.717) is 22.7 Å². The van der Waals surface area contributed by atoms with Crippen LogP contribution in [0.15, 0.2) is 65.6 Å². The van der Waals surface area contributed by atoms with E-state index in [4.69, 9.17) is 9.47 Å². The van der Waals surface area contributed by atoms with Gasteiger partial charge in [0.25, 0.3) is 15.9 Å². The summed E-state index contributed by atoms with van der Waals surface area (Å²) in [7, 11) is 0.538. The normalized spacial score (nSPS) is 11.0. The fourth-order valence-electron chi connectivity index (χ4n) is 3.18. The Labute approximate surface area is 188 Å². The molecule has 0 saturated carbocycles. The van der Waals surface area contributed by atoms with Gasteiger partial charge in [-0.05, 0) is 67.4 Å². The van der Waals surface area contributed by atoms with E-state index in [2.05, 4.69) is 5.32 Å². The first kappa shape index (κ1) is 23.1. The van der Waals surface area contributed by atoms with Gasteiger partial charge in [-0.25, -0.2) is 8.42 Å². The molecule has 0 atom stereocenters. The van der Waals surface area contributed by atoms with Crippen molar-refractivity contribution in [2.24, 2.45) is 0 Å². The zero-order valence-electron chi connectivity index (χ0n) is 18.7. The van der Waals surface area contributed by atoms with Gasteiger partial charge in [0.2, 0.25) is 0 Å². The Morgan fingerprint density at radius 3 is 2.19 bits per heavy atom. The molecule has 0 heterocycles. The highest BCUT2D eigenvalue weighted by atomic mass is 32.2. The minimum Gasteiger partial charge on any atom is -0.493 e. The second-order valence-corrected chi connectivity index (χ2v) is 9.21. The third kappa shape index (κ3) is 4.55. The number of amides is 1. The van der Waals surface area contributed by atoms with Gasteiger partial charge in [0.15, 0.2) is 11.5 Å². The topological polar surface area (TPSA) is 84.9 Å². The van der Waals surface area contributed by atoms with Gasteiger partial charge >= 0.3 is 0 Å². The summed E-state index contributed by atoms with van der Waals surface area (Å²) in [6.07, 6.45) is 0. The Morgan fingerprint density at radius 1 is 0.906 bits per heavy atom. The maximum Gasteiger partial charge on any atom is 0.264 e. The van der Waals surface area contributed by atoms with E-state index in [9.17, 15) is 13.2 Å². The average Bonchev–Trinajstić information content (AvgIpc) is 2.81. The number of nitrogens with one attached hydrogen (secondary N) is 1. The minimum atomic E-state index is -3.84. The Hall–Kier alpha value is -3.52. The van der Waals surface area contributed by atoms with E-state index in [1.807, 2.05) is 32.0 Å². The molecule has 0 radical (unpaired) electrons. The lowest BCUT2D eigenvalue weighted by molar-refractivity contribution is 0.102. The second kappa shape index (κ2) is 9.32. The zero-order chi connectivity index (χ0) is 23.5. The first-order valence-corrected chi connectivity index (χ1v) is 11.3. The van der Waals surface area contributed by atoms with Gasteiger partial charge in [-0.2, -0.15) is 0 Å². The number of nitrogens with zero attached hydrogens (tertiary/aromatic N) is 1. The van der Waals surface area contributed by atoms with Gasteiger partial charge in [-0.15, -0.1) is 0 Å². The van der Waals surface area contributed by atoms with Crippen LogP contribution < -0.4 is 19.1 Å². The summed E-state index contributed by atoms with van der Waals surface area (Å²) in [5, 5.41) is 2.90. The third-order valence-electron chi connectivity index (χ3n) is 5.36. The van der Waals surface area contributed by atoms with E-state index in [1.165, 1.54) is 33.4 Å². The largest absolute Gasteiger partial charge is 0.493 e. The van der Waals surface area contributed by atoms with Crippen molar-refractivity contribution in [3.8, 4) is 11.5 Å². The number of ether oxygens (including phenoxy) is 2. The van der Waals surface area contributed by atoms with Gasteiger partial charge in [0, 0.05) is 24.4 Å². The summed E-state index contributed by atoms with van der Waals surface area (Å²) in [4.78, 5) is 12.7. The number of hydrogen-bond donors (Lipinski definition) is 1. The molecule has 1 N–H and O–H groups in total. The fraction of sp³-hybridized carbons (Fsp3) is 0.208. The van der Waals surface area contributed by atoms with Crippen LogP contribution in [0.3, 0.4) is 0 Å². The van der Waals surface area contributed by atoms with Crippen LogP contribution in [0.5, 0.6) is 11.5 Å². The molecule has 0 aliphatic rings. The lowest BCUT2D eigenvalue weighted by Gasteiger charge is -2.20. The minimum absolute atomic E-state index is 0.0643. The molecule has 0 aliphatic heterocycles. The van der Waals surface area contributed by atoms with E-state index in [-0.39, 0.29) is 10.8 Å². The highest BCUT2D eigenvalue weighted by Crippen LogP contribution is 2.31. The molecule has 3 aromatic rings. The number of hydrogen-bond acceptors (Lipinski definition) is 5. The van der Waals surface area contributed by atoms with Crippen molar-refractivity contribution in [2.75, 3.05) is 30.9 Å². The monoisotopic (exact) mass is 454 g/mol. The van der Waals surface area contributed by atoms with Crippen molar-refractivity contribution in [2.45, 2.75) is 18.7 Å². The molecule has 3 aromatic carbocycles. The highest BCUT2D eigenvalue weighted by molar-refractivity contribution is 7.92. The predicted molar refractivity (Wildman–Crippen MR) is 125 cm³/mol. The number of benzene rings is 3. The summed E-state index contributed by atoms with van der Waals surface area (Å²) in [5.41, 5.74) is 3.67. The summed E-state index contributed by atoms with van der Waals surface area (Å²) < 4.78 is 37.7. The molecule has 0 aliphatic carbocycles. The molecule has 168 valence electrons. The lowest BCUT2D eigenvalue weighted by atomic mass is 10.1. The first-order chi connectivity index (χ1) is 15.2. The van der Waals surface area contributed by atoms with E-state index >= 15 is 0 Å². The molecule has 32 heavy (non-hydrogen) atoms. The third-order valence-corrected chi connectivity index (χ3v) is 7.14. The average molecular weight is 455 g/mol. The SMILES string of the molecule is COc1ccc(S(=O)(=O)N(C)c2ccc(C(=O)Nc3cccc(C)c3C)cc2)cc1OC. The predicted octanol–water partition coefficient (Wildman–Crippen LogP) is 4.40. The number of rotatable bonds is 7. The maximum atomic E-state index is 13.1. The zero-order valence-corrected chi connectivity index (χ0v) is 19.5. The molecule has 0 saturated heterocycles. The summed E-state index contributed by atoms with van der Waals surface area (Å²) in [6.45, 7) is 3.93. The van der Waals surface area contributed by atoms with Gasteiger partial charge in [-0.3, -0.25) is 9.10 Å². The molecule has 8 heteroatoms. The number of aryl methyl sites for hydroxylation is 1. The summed E-state index contributed by atoms with van der Waals surface area (Å²) >= 11 is 0. The molecule has 0 spiro atoms. The van der Waals surface area contributed by atoms with Crippen LogP contribution in [-0.4, -0.2) is 35.6 Å². The molecule has 0 bridgehead atoms. The van der Waals surface area contributed by atoms with Crippen molar-refractivity contribution in [1.82, 2.24) is 0 Å². The first-order valence-electron chi connectivity index (χ1n) is 9.87. The Morgan fingerprint density at radius 2 is 1.56 bits per heavy atom. The molecular weight excluding hydrogens is 428 g/mol. The van der Waals surface area contributed by atoms with Crippen LogP contribution >= 0.6 is 0 Å². The van der Waals surface area contributed by atoms with Crippen LogP contribution in [0, 0.1) is 13.8 Å². The van der Waals surface area contributed by atoms with E-state index < -0.39 is 10.0 Å². The number of carbonyl (C=O) groups is 1. The van der Waals surface area contributed by atoms with Crippen molar-refractivity contribution in [1.29, 1.82) is 0 Å². The summed E-state index contributed by atoms with van der Waals surface area (Å²) in [6, 6.07) is 16.5. The Kier molecular flexibility index (Phi) is 6.74. The van der Waals surface area contributed by atoms with E-state index in [1.54, 1.807) is 30.3 Å². The van der Waals surface area contributed by atoms with Crippen LogP contribution in [-0.2, 0) is 10.0 Å². The van der Waals surface area contributed by atoms with Crippen LogP contribution in [0.2, 0.25) is 0 Å². The van der Waals surface area contributed by atoms with Crippen LogP contribution in [0.1, 0.15) is 21.5 Å². The smallest absolute Gasteiger partial charge is 0.264 e. The molecule has 0 fully saturated rings. The number of anilines is 2. The van der Waals surface area contributed by atoms with Gasteiger partial charge < -0.3 is 14.8 Å². The molecule has 7 nitrogen and oxygen atoms in total. The van der Waals surface area contributed by atoms with Crippen LogP contribution in [0.4, 0.5) is 11.4 Å². The van der Waals surface area contributed by atoms with Crippen molar-refractivity contribution < 1.29 is 22.7 Å². The molecular formula is C24H26N2O5S. The quantitative estimate of drug-likeness (QED) is 0.572. The second-order valence-electron chi connectivity index (χ2n) is 7.24. The fourth-order valence-corrected chi connectivity index (χ4v) is 4.39. The molecule has 1 amide bonds. The maximum absolute atomic E-state index is 13.1. The Balaban J connectivity index is 1.82. The highest BCUT2D eigenvalue weighted by Gasteiger charge is 2.23. The number of sulfonamides is 1. The van der Waals surface area contributed by atoms with E-state index in [0.717, 1.165) is 21.1 Å². The van der Waals surface area contributed by atoms with Crippen LogP contribution in [0.25, 0.3) is 0 Å². The van der Waals surface area contributed by atoms with Gasteiger partial charge in [0.1, 0.15) is 0 Å². The van der Waals surface area contributed by atoms with Gasteiger partial charge in [0.05, 0.1) is 24.8 Å².